The summed E-state index contributed by atoms with van der Waals surface area (Å²) in [4.78, 5) is 0. The molecule has 0 N–H and O–H groups in total. The van der Waals surface area contributed by atoms with Gasteiger partial charge in [-0.3, -0.25) is 0 Å². The number of aryl methyl sites for hydroxylation is 4. The molecule has 1 rings (SSSR count). The molecule has 0 heteroatoms. The van der Waals surface area contributed by atoms with E-state index in [0.29, 0.717) is 0 Å². The highest BCUT2D eigenvalue weighted by Gasteiger charge is 1.95. The monoisotopic (exact) mass is 150 g/mol. The van der Waals surface area contributed by atoms with Crippen LogP contribution in [-0.2, 0) is 0 Å². The van der Waals surface area contributed by atoms with E-state index in [1.807, 2.05) is 0 Å². The fraction of sp³-hybridized carbons (Fsp3) is 0.455. The van der Waals surface area contributed by atoms with Gasteiger partial charge >= 0.3 is 0 Å². The van der Waals surface area contributed by atoms with Crippen molar-refractivity contribution in [1.82, 2.24) is 0 Å². The van der Waals surface area contributed by atoms with Gasteiger partial charge in [0, 0.05) is 0 Å². The van der Waals surface area contributed by atoms with Crippen molar-refractivity contribution in [2.75, 3.05) is 0 Å². The molecule has 0 aromatic heterocycles. The minimum Gasteiger partial charge on any atom is -0.0776 e. The molecule has 0 radical (unpaired) electrons. The zero-order chi connectivity index (χ0) is 7.72. The Labute approximate surface area is 70.3 Å². The SMILES string of the molecule is C.Cc1cc(C)c(C)cc1C. The second-order valence-corrected chi connectivity index (χ2v) is 3.02. The van der Waals surface area contributed by atoms with Crippen LogP contribution in [0.25, 0.3) is 0 Å². The summed E-state index contributed by atoms with van der Waals surface area (Å²) in [6.07, 6.45) is 0. The molecule has 0 amide bonds. The van der Waals surface area contributed by atoms with Crippen LogP contribution in [0.15, 0.2) is 12.1 Å². The van der Waals surface area contributed by atoms with E-state index in [9.17, 15) is 0 Å². The van der Waals surface area contributed by atoms with Crippen molar-refractivity contribution >= 4 is 0 Å². The minimum atomic E-state index is 0. The lowest BCUT2D eigenvalue weighted by Crippen LogP contribution is -1.86. The second-order valence-electron chi connectivity index (χ2n) is 3.02. The number of hydrogen-bond acceptors (Lipinski definition) is 0. The van der Waals surface area contributed by atoms with Gasteiger partial charge in [0.25, 0.3) is 0 Å². The van der Waals surface area contributed by atoms with Crippen molar-refractivity contribution in [3.05, 3.63) is 34.4 Å². The average molecular weight is 150 g/mol. The van der Waals surface area contributed by atoms with Crippen LogP contribution in [0, 0.1) is 27.7 Å². The van der Waals surface area contributed by atoms with Gasteiger partial charge in [-0.25, -0.2) is 0 Å². The summed E-state index contributed by atoms with van der Waals surface area (Å²) in [6, 6.07) is 4.48. The van der Waals surface area contributed by atoms with Gasteiger partial charge in [0.2, 0.25) is 0 Å². The van der Waals surface area contributed by atoms with Gasteiger partial charge < -0.3 is 0 Å². The molecule has 0 saturated heterocycles. The Balaban J connectivity index is 0.000001000. The molecule has 0 aliphatic rings. The fourth-order valence-corrected chi connectivity index (χ4v) is 1.10. The van der Waals surface area contributed by atoms with Gasteiger partial charge in [-0.15, -0.1) is 0 Å². The zero-order valence-corrected chi connectivity index (χ0v) is 7.15. The molecule has 0 bridgehead atoms. The van der Waals surface area contributed by atoms with Crippen molar-refractivity contribution in [3.63, 3.8) is 0 Å². The van der Waals surface area contributed by atoms with Gasteiger partial charge in [0.05, 0.1) is 0 Å². The second kappa shape index (κ2) is 3.56. The van der Waals surface area contributed by atoms with Crippen LogP contribution in [0.1, 0.15) is 29.7 Å². The van der Waals surface area contributed by atoms with E-state index in [2.05, 4.69) is 39.8 Å². The predicted molar refractivity (Wildman–Crippen MR) is 52.1 cm³/mol. The Hall–Kier alpha value is -0.780. The van der Waals surface area contributed by atoms with Crippen LogP contribution in [0.3, 0.4) is 0 Å². The molecular formula is C11H18. The van der Waals surface area contributed by atoms with E-state index in [1.165, 1.54) is 22.3 Å². The molecule has 62 valence electrons. The summed E-state index contributed by atoms with van der Waals surface area (Å²) in [7, 11) is 0. The molecule has 0 aliphatic carbocycles. The van der Waals surface area contributed by atoms with E-state index in [4.69, 9.17) is 0 Å². The van der Waals surface area contributed by atoms with Gasteiger partial charge in [0.15, 0.2) is 0 Å². The van der Waals surface area contributed by atoms with Gasteiger partial charge in [-0.05, 0) is 49.9 Å². The first-order valence-corrected chi connectivity index (χ1v) is 3.65. The normalized spacial score (nSPS) is 9.09. The lowest BCUT2D eigenvalue weighted by atomic mass is 10.0. The highest BCUT2D eigenvalue weighted by Crippen LogP contribution is 2.13. The van der Waals surface area contributed by atoms with Gasteiger partial charge in [0.1, 0.15) is 0 Å². The number of hydrogen-bond donors (Lipinski definition) is 0. The number of benzene rings is 1. The largest absolute Gasteiger partial charge is 0.0776 e. The highest BCUT2D eigenvalue weighted by molar-refractivity contribution is 5.35. The molecule has 1 aromatic carbocycles. The maximum atomic E-state index is 2.24. The van der Waals surface area contributed by atoms with Crippen molar-refractivity contribution in [2.45, 2.75) is 35.1 Å². The van der Waals surface area contributed by atoms with Crippen molar-refractivity contribution in [1.29, 1.82) is 0 Å². The quantitative estimate of drug-likeness (QED) is 0.530. The van der Waals surface area contributed by atoms with Crippen LogP contribution in [-0.4, -0.2) is 0 Å². The average Bonchev–Trinajstić information content (AvgIpc) is 1.84. The number of rotatable bonds is 0. The maximum absolute atomic E-state index is 2.24. The maximum Gasteiger partial charge on any atom is -0.0395 e. The van der Waals surface area contributed by atoms with E-state index < -0.39 is 0 Å². The van der Waals surface area contributed by atoms with Crippen LogP contribution in [0.5, 0.6) is 0 Å². The molecule has 0 spiro atoms. The van der Waals surface area contributed by atoms with Crippen molar-refractivity contribution in [2.24, 2.45) is 0 Å². The third-order valence-electron chi connectivity index (χ3n) is 2.11. The van der Waals surface area contributed by atoms with Gasteiger partial charge in [-0.1, -0.05) is 19.6 Å². The van der Waals surface area contributed by atoms with Crippen molar-refractivity contribution in [3.8, 4) is 0 Å². The Kier molecular flexibility index (Phi) is 3.31. The molecule has 0 unspecified atom stereocenters. The van der Waals surface area contributed by atoms with E-state index in [0.717, 1.165) is 0 Å². The highest BCUT2D eigenvalue weighted by atomic mass is 14.0. The zero-order valence-electron chi connectivity index (χ0n) is 7.15. The van der Waals surface area contributed by atoms with E-state index in [1.54, 1.807) is 0 Å². The molecule has 0 heterocycles. The summed E-state index contributed by atoms with van der Waals surface area (Å²) < 4.78 is 0. The summed E-state index contributed by atoms with van der Waals surface area (Å²) >= 11 is 0. The van der Waals surface area contributed by atoms with Crippen LogP contribution >= 0.6 is 0 Å². The third-order valence-corrected chi connectivity index (χ3v) is 2.11. The molecule has 0 atom stereocenters. The smallest absolute Gasteiger partial charge is 0.0395 e. The fourth-order valence-electron chi connectivity index (χ4n) is 1.10. The van der Waals surface area contributed by atoms with Crippen molar-refractivity contribution < 1.29 is 0 Å². The Morgan fingerprint density at radius 3 is 1.00 bits per heavy atom. The lowest BCUT2D eigenvalue weighted by Gasteiger charge is -2.04. The lowest BCUT2D eigenvalue weighted by molar-refractivity contribution is 1.24. The van der Waals surface area contributed by atoms with Crippen LogP contribution in [0.2, 0.25) is 0 Å². The molecule has 0 aliphatic heterocycles. The van der Waals surface area contributed by atoms with Crippen LogP contribution < -0.4 is 0 Å². The van der Waals surface area contributed by atoms with Crippen LogP contribution in [0.4, 0.5) is 0 Å². The first kappa shape index (κ1) is 10.2. The summed E-state index contributed by atoms with van der Waals surface area (Å²) in [5.74, 6) is 0. The van der Waals surface area contributed by atoms with Gasteiger partial charge in [-0.2, -0.15) is 0 Å². The molecule has 0 fully saturated rings. The minimum absolute atomic E-state index is 0. The molecule has 11 heavy (non-hydrogen) atoms. The van der Waals surface area contributed by atoms with E-state index in [-0.39, 0.29) is 7.43 Å². The summed E-state index contributed by atoms with van der Waals surface area (Å²) in [6.45, 7) is 8.62. The summed E-state index contributed by atoms with van der Waals surface area (Å²) in [5, 5.41) is 0. The first-order chi connectivity index (χ1) is 4.61. The molecule has 1 aromatic rings. The topological polar surface area (TPSA) is 0 Å². The molecule has 0 nitrogen and oxygen atoms in total. The first-order valence-electron chi connectivity index (χ1n) is 3.65. The standard InChI is InChI=1S/C10H14.CH4/c1-7-5-9(3)10(4)6-8(7)2;/h5-6H,1-4H3;1H4. The molecule has 0 saturated carbocycles. The third kappa shape index (κ3) is 2.07. The molecular weight excluding hydrogens is 132 g/mol. The van der Waals surface area contributed by atoms with E-state index >= 15 is 0 Å². The Morgan fingerprint density at radius 2 is 0.818 bits per heavy atom. The summed E-state index contributed by atoms with van der Waals surface area (Å²) in [5.41, 5.74) is 5.57. The Bertz CT molecular complexity index is 196. The Morgan fingerprint density at radius 1 is 0.636 bits per heavy atom. The predicted octanol–water partition coefficient (Wildman–Crippen LogP) is 3.56.